The first-order valence-electron chi connectivity index (χ1n) is 5.62. The number of ether oxygens (including phenoxy) is 1. The lowest BCUT2D eigenvalue weighted by Crippen LogP contribution is -2.01. The van der Waals surface area contributed by atoms with Gasteiger partial charge in [-0.05, 0) is 42.0 Å². The van der Waals surface area contributed by atoms with Gasteiger partial charge >= 0.3 is 0 Å². The molecule has 0 atom stereocenters. The molecule has 0 aliphatic carbocycles. The van der Waals surface area contributed by atoms with Crippen LogP contribution in [0.25, 0.3) is 0 Å². The Morgan fingerprint density at radius 3 is 2.26 bits per heavy atom. The molecule has 2 rings (SSSR count). The zero-order valence-corrected chi connectivity index (χ0v) is 11.6. The summed E-state index contributed by atoms with van der Waals surface area (Å²) in [6.45, 7) is 0.511. The third-order valence-electron chi connectivity index (χ3n) is 2.51. The summed E-state index contributed by atoms with van der Waals surface area (Å²) in [6, 6.07) is 9.86. The largest absolute Gasteiger partial charge is 0.493 e. The molecule has 1 aromatic heterocycles. The van der Waals surface area contributed by atoms with Crippen molar-refractivity contribution in [2.24, 2.45) is 0 Å². The average Bonchev–Trinajstić information content (AvgIpc) is 2.39. The van der Waals surface area contributed by atoms with E-state index in [9.17, 15) is 8.42 Å². The van der Waals surface area contributed by atoms with Gasteiger partial charge in [-0.2, -0.15) is 0 Å². The maximum atomic E-state index is 11.1. The van der Waals surface area contributed by atoms with E-state index in [0.717, 1.165) is 12.0 Å². The molecule has 0 amide bonds. The summed E-state index contributed by atoms with van der Waals surface area (Å²) >= 11 is 0. The number of hydrogen-bond acceptors (Lipinski definition) is 4. The second-order valence-electron chi connectivity index (χ2n) is 3.86. The van der Waals surface area contributed by atoms with Crippen molar-refractivity contribution in [2.45, 2.75) is 11.3 Å². The summed E-state index contributed by atoms with van der Waals surface area (Å²) in [7, 11) is 1.55. The van der Waals surface area contributed by atoms with Gasteiger partial charge in [-0.1, -0.05) is 0 Å². The Labute approximate surface area is 116 Å². The molecule has 0 N–H and O–H groups in total. The molecule has 0 bridgehead atoms. The Kier molecular flexibility index (Phi) is 4.39. The molecule has 0 aliphatic rings. The number of benzene rings is 1. The van der Waals surface area contributed by atoms with Crippen molar-refractivity contribution >= 4 is 19.7 Å². The summed E-state index contributed by atoms with van der Waals surface area (Å²) in [4.78, 5) is 4.00. The molecule has 0 unspecified atom stereocenters. The summed E-state index contributed by atoms with van der Waals surface area (Å²) in [5, 5.41) is 0. The predicted molar refractivity (Wildman–Crippen MR) is 72.9 cm³/mol. The highest BCUT2D eigenvalue weighted by Gasteiger charge is 2.09. The summed E-state index contributed by atoms with van der Waals surface area (Å²) in [6.07, 6.45) is 4.23. The van der Waals surface area contributed by atoms with Crippen molar-refractivity contribution in [3.05, 3.63) is 54.4 Å². The Hall–Kier alpha value is -1.59. The Morgan fingerprint density at radius 1 is 1.05 bits per heavy atom. The molecule has 100 valence electrons. The van der Waals surface area contributed by atoms with Crippen molar-refractivity contribution in [3.63, 3.8) is 0 Å². The first-order chi connectivity index (χ1) is 9.05. The maximum absolute atomic E-state index is 11.1. The molecule has 0 radical (unpaired) electrons. The monoisotopic (exact) mass is 297 g/mol. The summed E-state index contributed by atoms with van der Waals surface area (Å²) in [5.74, 6) is 0.609. The van der Waals surface area contributed by atoms with E-state index in [-0.39, 0.29) is 4.90 Å². The van der Waals surface area contributed by atoms with E-state index in [1.54, 1.807) is 24.5 Å². The highest BCUT2D eigenvalue weighted by molar-refractivity contribution is 8.13. The lowest BCUT2D eigenvalue weighted by molar-refractivity contribution is 0.321. The van der Waals surface area contributed by atoms with Crippen LogP contribution in [0.3, 0.4) is 0 Å². The number of nitrogens with zero attached hydrogens (tertiary/aromatic N) is 1. The highest BCUT2D eigenvalue weighted by atomic mass is 35.7. The van der Waals surface area contributed by atoms with Gasteiger partial charge in [-0.25, -0.2) is 8.42 Å². The number of hydrogen-bond donors (Lipinski definition) is 0. The van der Waals surface area contributed by atoms with Crippen molar-refractivity contribution < 1.29 is 13.2 Å². The summed E-state index contributed by atoms with van der Waals surface area (Å²) < 4.78 is 27.6. The van der Waals surface area contributed by atoms with Crippen molar-refractivity contribution in [3.8, 4) is 5.75 Å². The second kappa shape index (κ2) is 6.04. The topological polar surface area (TPSA) is 56.3 Å². The average molecular weight is 298 g/mol. The van der Waals surface area contributed by atoms with E-state index in [1.807, 2.05) is 12.1 Å². The fourth-order valence-corrected chi connectivity index (χ4v) is 2.30. The van der Waals surface area contributed by atoms with Gasteiger partial charge in [0.25, 0.3) is 9.05 Å². The van der Waals surface area contributed by atoms with E-state index < -0.39 is 9.05 Å². The minimum Gasteiger partial charge on any atom is -0.493 e. The van der Waals surface area contributed by atoms with Gasteiger partial charge in [0.05, 0.1) is 11.5 Å². The normalized spacial score (nSPS) is 11.2. The van der Waals surface area contributed by atoms with Crippen LogP contribution < -0.4 is 4.74 Å². The van der Waals surface area contributed by atoms with Crippen LogP contribution in [0.4, 0.5) is 0 Å². The van der Waals surface area contributed by atoms with Gasteiger partial charge in [-0.15, -0.1) is 0 Å². The number of pyridine rings is 1. The van der Waals surface area contributed by atoms with Gasteiger partial charge in [-0.3, -0.25) is 4.98 Å². The highest BCUT2D eigenvalue weighted by Crippen LogP contribution is 2.19. The smallest absolute Gasteiger partial charge is 0.261 e. The third kappa shape index (κ3) is 4.22. The Balaban J connectivity index is 1.90. The minimum atomic E-state index is -3.67. The van der Waals surface area contributed by atoms with Crippen LogP contribution in [-0.4, -0.2) is 20.0 Å². The zero-order valence-electron chi connectivity index (χ0n) is 9.99. The first-order valence-corrected chi connectivity index (χ1v) is 7.93. The van der Waals surface area contributed by atoms with Crippen LogP contribution in [0.5, 0.6) is 5.75 Å². The molecule has 0 fully saturated rings. The molecule has 4 nitrogen and oxygen atoms in total. The Bertz CT molecular complexity index is 627. The van der Waals surface area contributed by atoms with Crippen LogP contribution >= 0.6 is 10.7 Å². The van der Waals surface area contributed by atoms with Crippen LogP contribution in [0.2, 0.25) is 0 Å². The Morgan fingerprint density at radius 2 is 1.68 bits per heavy atom. The lowest BCUT2D eigenvalue weighted by atomic mass is 10.2. The van der Waals surface area contributed by atoms with Crippen LogP contribution in [-0.2, 0) is 15.5 Å². The second-order valence-corrected chi connectivity index (χ2v) is 6.43. The van der Waals surface area contributed by atoms with Crippen LogP contribution in [0.15, 0.2) is 53.7 Å². The molecule has 2 aromatic rings. The number of aromatic nitrogens is 1. The fraction of sp³-hybridized carbons (Fsp3) is 0.154. The third-order valence-corrected chi connectivity index (χ3v) is 3.88. The molecule has 1 heterocycles. The van der Waals surface area contributed by atoms with Gasteiger partial charge in [0, 0.05) is 29.5 Å². The molecule has 0 aliphatic heterocycles. The van der Waals surface area contributed by atoms with Gasteiger partial charge in [0.15, 0.2) is 0 Å². The van der Waals surface area contributed by atoms with Gasteiger partial charge in [0.2, 0.25) is 0 Å². The molecule has 0 spiro atoms. The SMILES string of the molecule is O=S(=O)(Cl)c1ccc(OCCc2ccncc2)cc1. The van der Waals surface area contributed by atoms with Gasteiger partial charge in [0.1, 0.15) is 5.75 Å². The molecule has 6 heteroatoms. The quantitative estimate of drug-likeness (QED) is 0.796. The van der Waals surface area contributed by atoms with Crippen molar-refractivity contribution in [2.75, 3.05) is 6.61 Å². The van der Waals surface area contributed by atoms with Crippen LogP contribution in [0.1, 0.15) is 5.56 Å². The van der Waals surface area contributed by atoms with Crippen molar-refractivity contribution in [1.82, 2.24) is 4.98 Å². The minimum absolute atomic E-state index is 0.0654. The van der Waals surface area contributed by atoms with E-state index in [4.69, 9.17) is 15.4 Å². The molecule has 1 aromatic carbocycles. The predicted octanol–water partition coefficient (Wildman–Crippen LogP) is 2.63. The first kappa shape index (κ1) is 13.8. The zero-order chi connectivity index (χ0) is 13.7. The van der Waals surface area contributed by atoms with E-state index in [2.05, 4.69) is 4.98 Å². The lowest BCUT2D eigenvalue weighted by Gasteiger charge is -2.06. The molecule has 19 heavy (non-hydrogen) atoms. The number of rotatable bonds is 5. The van der Waals surface area contributed by atoms with E-state index in [0.29, 0.717) is 12.4 Å². The maximum Gasteiger partial charge on any atom is 0.261 e. The van der Waals surface area contributed by atoms with Crippen molar-refractivity contribution in [1.29, 1.82) is 0 Å². The standard InChI is InChI=1S/C13H12ClNO3S/c14-19(16,17)13-3-1-12(2-4-13)18-10-7-11-5-8-15-9-6-11/h1-6,8-9H,7,10H2. The van der Waals surface area contributed by atoms with Crippen LogP contribution in [0, 0.1) is 0 Å². The van der Waals surface area contributed by atoms with E-state index >= 15 is 0 Å². The fourth-order valence-electron chi connectivity index (χ4n) is 1.53. The molecular weight excluding hydrogens is 286 g/mol. The summed E-state index contributed by atoms with van der Waals surface area (Å²) in [5.41, 5.74) is 1.13. The molecular formula is C13H12ClNO3S. The molecule has 0 saturated carbocycles. The molecule has 0 saturated heterocycles. The number of halogens is 1. The van der Waals surface area contributed by atoms with E-state index in [1.165, 1.54) is 12.1 Å². The van der Waals surface area contributed by atoms with Gasteiger partial charge < -0.3 is 4.74 Å².